The van der Waals surface area contributed by atoms with Crippen molar-refractivity contribution < 1.29 is 9.59 Å². The van der Waals surface area contributed by atoms with Crippen LogP contribution in [0.1, 0.15) is 16.7 Å². The van der Waals surface area contributed by atoms with Gasteiger partial charge in [-0.15, -0.1) is 0 Å². The Balaban J connectivity index is 1.75. The SMILES string of the molecule is Cc1cccc(C)c1NC(=O)C(C#N)=C1SC(Cc2ccccc2Cl)C(=O)N1c1ccccc1. The molecule has 0 bridgehead atoms. The van der Waals surface area contributed by atoms with Crippen molar-refractivity contribution in [2.45, 2.75) is 25.5 Å². The number of hydrogen-bond donors (Lipinski definition) is 1. The molecule has 1 heterocycles. The van der Waals surface area contributed by atoms with Gasteiger partial charge >= 0.3 is 0 Å². The highest BCUT2D eigenvalue weighted by Crippen LogP contribution is 2.42. The van der Waals surface area contributed by atoms with Gasteiger partial charge in [0.25, 0.3) is 5.91 Å². The number of rotatable bonds is 5. The van der Waals surface area contributed by atoms with Crippen LogP contribution in [0.2, 0.25) is 5.02 Å². The van der Waals surface area contributed by atoms with Crippen molar-refractivity contribution in [1.82, 2.24) is 0 Å². The first kappa shape index (κ1) is 23.6. The van der Waals surface area contributed by atoms with Crippen LogP contribution in [-0.2, 0) is 16.0 Å². The van der Waals surface area contributed by atoms with Gasteiger partial charge in [-0.1, -0.05) is 78.0 Å². The molecule has 1 unspecified atom stereocenters. The summed E-state index contributed by atoms with van der Waals surface area (Å²) in [6.45, 7) is 3.79. The number of anilines is 2. The fourth-order valence-corrected chi connectivity index (χ4v) is 5.36. The van der Waals surface area contributed by atoms with Crippen LogP contribution in [0, 0.1) is 25.2 Å². The number of nitriles is 1. The normalized spacial score (nSPS) is 16.8. The number of carbonyl (C=O) groups is 2. The second kappa shape index (κ2) is 10.2. The van der Waals surface area contributed by atoms with Crippen molar-refractivity contribution in [2.75, 3.05) is 10.2 Å². The Morgan fingerprint density at radius 1 is 1.03 bits per heavy atom. The minimum absolute atomic E-state index is 0.105. The van der Waals surface area contributed by atoms with Gasteiger partial charge in [0.2, 0.25) is 5.91 Å². The van der Waals surface area contributed by atoms with E-state index in [9.17, 15) is 14.9 Å². The number of aryl methyl sites for hydroxylation is 2. The first-order valence-electron chi connectivity index (χ1n) is 10.7. The molecule has 0 aliphatic carbocycles. The zero-order chi connectivity index (χ0) is 24.2. The van der Waals surface area contributed by atoms with Crippen LogP contribution in [0.15, 0.2) is 83.4 Å². The molecule has 34 heavy (non-hydrogen) atoms. The van der Waals surface area contributed by atoms with Crippen LogP contribution in [0.5, 0.6) is 0 Å². The third-order valence-corrected chi connectivity index (χ3v) is 7.23. The molecule has 1 N–H and O–H groups in total. The van der Waals surface area contributed by atoms with Crippen LogP contribution in [0.4, 0.5) is 11.4 Å². The summed E-state index contributed by atoms with van der Waals surface area (Å²) in [6, 6.07) is 24.2. The molecule has 0 radical (unpaired) electrons. The van der Waals surface area contributed by atoms with E-state index in [1.54, 1.807) is 18.2 Å². The van der Waals surface area contributed by atoms with Gasteiger partial charge in [-0.05, 0) is 55.2 Å². The van der Waals surface area contributed by atoms with Crippen molar-refractivity contribution in [3.63, 3.8) is 0 Å². The number of thioether (sulfide) groups is 1. The molecule has 7 heteroatoms. The van der Waals surface area contributed by atoms with Gasteiger partial charge in [0.1, 0.15) is 16.7 Å². The second-order valence-corrected chi connectivity index (χ2v) is 9.52. The smallest absolute Gasteiger partial charge is 0.269 e. The summed E-state index contributed by atoms with van der Waals surface area (Å²) < 4.78 is 0. The Labute approximate surface area is 208 Å². The molecule has 1 aliphatic rings. The number of amides is 2. The van der Waals surface area contributed by atoms with E-state index in [1.165, 1.54) is 16.7 Å². The van der Waals surface area contributed by atoms with E-state index in [2.05, 4.69) is 5.32 Å². The molecule has 2 amide bonds. The Kier molecular flexibility index (Phi) is 7.06. The maximum atomic E-state index is 13.5. The van der Waals surface area contributed by atoms with Crippen LogP contribution in [0.3, 0.4) is 0 Å². The lowest BCUT2D eigenvalue weighted by Crippen LogP contribution is -2.31. The van der Waals surface area contributed by atoms with E-state index in [4.69, 9.17) is 11.6 Å². The lowest BCUT2D eigenvalue weighted by molar-refractivity contribution is -0.117. The predicted molar refractivity (Wildman–Crippen MR) is 138 cm³/mol. The Hall–Kier alpha value is -3.53. The minimum Gasteiger partial charge on any atom is -0.321 e. The van der Waals surface area contributed by atoms with Gasteiger partial charge in [0.15, 0.2) is 0 Å². The molecular weight excluding hydrogens is 466 g/mol. The molecule has 3 aromatic rings. The molecule has 0 saturated carbocycles. The molecule has 0 spiro atoms. The number of halogens is 1. The van der Waals surface area contributed by atoms with Crippen molar-refractivity contribution in [2.24, 2.45) is 0 Å². The lowest BCUT2D eigenvalue weighted by atomic mass is 10.1. The Morgan fingerprint density at radius 3 is 2.32 bits per heavy atom. The molecule has 5 nitrogen and oxygen atoms in total. The van der Waals surface area contributed by atoms with Crippen molar-refractivity contribution in [3.05, 3.63) is 105 Å². The zero-order valence-electron chi connectivity index (χ0n) is 18.7. The number of carbonyl (C=O) groups excluding carboxylic acids is 2. The summed E-state index contributed by atoms with van der Waals surface area (Å²) in [7, 11) is 0. The maximum Gasteiger partial charge on any atom is 0.269 e. The molecule has 1 saturated heterocycles. The first-order chi connectivity index (χ1) is 16.4. The van der Waals surface area contributed by atoms with E-state index in [0.29, 0.717) is 27.8 Å². The third kappa shape index (κ3) is 4.72. The standard InChI is InChI=1S/C27H22ClN3O2S/c1-17-9-8-10-18(2)24(17)30-25(32)21(16-29)27-31(20-12-4-3-5-13-20)26(33)23(34-27)15-19-11-6-7-14-22(19)28/h3-14,23H,15H2,1-2H3,(H,30,32). The summed E-state index contributed by atoms with van der Waals surface area (Å²) in [4.78, 5) is 28.3. The molecular formula is C27H22ClN3O2S. The highest BCUT2D eigenvalue weighted by molar-refractivity contribution is 8.05. The summed E-state index contributed by atoms with van der Waals surface area (Å²) in [5.74, 6) is -0.742. The Bertz CT molecular complexity index is 1310. The Morgan fingerprint density at radius 2 is 1.68 bits per heavy atom. The summed E-state index contributed by atoms with van der Waals surface area (Å²) >= 11 is 7.56. The van der Waals surface area contributed by atoms with Crippen molar-refractivity contribution >= 4 is 46.6 Å². The van der Waals surface area contributed by atoms with E-state index in [1.807, 2.05) is 74.5 Å². The van der Waals surface area contributed by atoms with E-state index >= 15 is 0 Å². The van der Waals surface area contributed by atoms with Gasteiger partial charge < -0.3 is 5.32 Å². The summed E-state index contributed by atoms with van der Waals surface area (Å²) in [5, 5.41) is 13.3. The zero-order valence-corrected chi connectivity index (χ0v) is 20.3. The van der Waals surface area contributed by atoms with Gasteiger partial charge in [-0.2, -0.15) is 5.26 Å². The van der Waals surface area contributed by atoms with Gasteiger partial charge in [-0.3, -0.25) is 14.5 Å². The average Bonchev–Trinajstić information content (AvgIpc) is 3.14. The first-order valence-corrected chi connectivity index (χ1v) is 12.0. The number of nitrogens with one attached hydrogen (secondary N) is 1. The van der Waals surface area contributed by atoms with Gasteiger partial charge in [0.05, 0.1) is 5.25 Å². The second-order valence-electron chi connectivity index (χ2n) is 7.92. The van der Waals surface area contributed by atoms with Gasteiger partial charge in [0, 0.05) is 16.4 Å². The predicted octanol–water partition coefficient (Wildman–Crippen LogP) is 6.02. The average molecular weight is 488 g/mol. The summed E-state index contributed by atoms with van der Waals surface area (Å²) in [5.41, 5.74) is 3.78. The minimum atomic E-state index is -0.547. The molecule has 0 aromatic heterocycles. The largest absolute Gasteiger partial charge is 0.321 e. The third-order valence-electron chi connectivity index (χ3n) is 5.60. The highest BCUT2D eigenvalue weighted by atomic mass is 35.5. The van der Waals surface area contributed by atoms with Crippen LogP contribution in [-0.4, -0.2) is 17.1 Å². The molecule has 170 valence electrons. The van der Waals surface area contributed by atoms with Gasteiger partial charge in [-0.25, -0.2) is 0 Å². The molecule has 1 atom stereocenters. The van der Waals surface area contributed by atoms with Crippen LogP contribution in [0.25, 0.3) is 0 Å². The highest BCUT2D eigenvalue weighted by Gasteiger charge is 2.41. The van der Waals surface area contributed by atoms with Crippen molar-refractivity contribution in [3.8, 4) is 6.07 Å². The van der Waals surface area contributed by atoms with E-state index in [0.717, 1.165) is 16.7 Å². The number of para-hydroxylation sites is 2. The lowest BCUT2D eigenvalue weighted by Gasteiger charge is -2.19. The molecule has 1 fully saturated rings. The van der Waals surface area contributed by atoms with Crippen LogP contribution >= 0.6 is 23.4 Å². The van der Waals surface area contributed by atoms with Crippen LogP contribution < -0.4 is 10.2 Å². The van der Waals surface area contributed by atoms with Crippen molar-refractivity contribution in [1.29, 1.82) is 5.26 Å². The van der Waals surface area contributed by atoms with E-state index in [-0.39, 0.29) is 11.5 Å². The quantitative estimate of drug-likeness (QED) is 0.352. The summed E-state index contributed by atoms with van der Waals surface area (Å²) in [6.07, 6.45) is 0.382. The fourth-order valence-electron chi connectivity index (χ4n) is 3.85. The fraction of sp³-hybridized carbons (Fsp3) is 0.148. The number of benzene rings is 3. The number of nitrogens with zero attached hydrogens (tertiary/aromatic N) is 2. The molecule has 1 aliphatic heterocycles. The molecule has 3 aromatic carbocycles. The number of hydrogen-bond acceptors (Lipinski definition) is 4. The topological polar surface area (TPSA) is 73.2 Å². The maximum absolute atomic E-state index is 13.5. The van der Waals surface area contributed by atoms with E-state index < -0.39 is 11.2 Å². The molecule has 4 rings (SSSR count). The monoisotopic (exact) mass is 487 g/mol.